The molecule has 1 fully saturated rings. The molecule has 0 bridgehead atoms. The van der Waals surface area contributed by atoms with Gasteiger partial charge in [-0.25, -0.2) is 0 Å². The van der Waals surface area contributed by atoms with Crippen LogP contribution >= 0.6 is 11.3 Å². The van der Waals surface area contributed by atoms with Crippen LogP contribution in [0, 0.1) is 0 Å². The van der Waals surface area contributed by atoms with Crippen molar-refractivity contribution in [3.8, 4) is 0 Å². The number of hydrogen-bond donors (Lipinski definition) is 1. The first-order chi connectivity index (χ1) is 9.38. The molecule has 2 rings (SSSR count). The summed E-state index contributed by atoms with van der Waals surface area (Å²) in [5, 5.41) is 8.16. The molecule has 0 saturated carbocycles. The highest BCUT2D eigenvalue weighted by atomic mass is 32.1. The minimum atomic E-state index is 0.534. The molecule has 1 aliphatic rings. The maximum Gasteiger partial charge on any atom is 0.0576 e. The molecule has 108 valence electrons. The van der Waals surface area contributed by atoms with Gasteiger partial charge >= 0.3 is 0 Å². The second kappa shape index (κ2) is 8.72. The molecule has 1 aliphatic heterocycles. The van der Waals surface area contributed by atoms with E-state index in [0.29, 0.717) is 12.1 Å². The Morgan fingerprint density at radius 3 is 3.11 bits per heavy atom. The van der Waals surface area contributed by atoms with Gasteiger partial charge in [-0.15, -0.1) is 0 Å². The fraction of sp³-hybridized carbons (Fsp3) is 0.750. The molecular formula is C16H27NOS. The van der Waals surface area contributed by atoms with E-state index in [9.17, 15) is 0 Å². The van der Waals surface area contributed by atoms with Crippen molar-refractivity contribution in [2.24, 2.45) is 0 Å². The Morgan fingerprint density at radius 2 is 2.42 bits per heavy atom. The largest absolute Gasteiger partial charge is 0.378 e. The summed E-state index contributed by atoms with van der Waals surface area (Å²) >= 11 is 1.80. The summed E-state index contributed by atoms with van der Waals surface area (Å²) in [6, 6.07) is 2.91. The van der Waals surface area contributed by atoms with Crippen LogP contribution in [0.2, 0.25) is 0 Å². The van der Waals surface area contributed by atoms with E-state index in [-0.39, 0.29) is 0 Å². The Labute approximate surface area is 121 Å². The van der Waals surface area contributed by atoms with Crippen LogP contribution in [-0.2, 0) is 11.2 Å². The first-order valence-electron chi connectivity index (χ1n) is 7.74. The monoisotopic (exact) mass is 281 g/mol. The molecule has 0 spiro atoms. The van der Waals surface area contributed by atoms with Gasteiger partial charge in [-0.1, -0.05) is 6.92 Å². The fourth-order valence-electron chi connectivity index (χ4n) is 2.73. The molecule has 1 aromatic rings. The molecule has 3 heteroatoms. The Morgan fingerprint density at radius 1 is 1.47 bits per heavy atom. The number of thiophene rings is 1. The number of hydrogen-bond acceptors (Lipinski definition) is 3. The van der Waals surface area contributed by atoms with Crippen molar-refractivity contribution in [2.45, 2.75) is 64.0 Å². The smallest absolute Gasteiger partial charge is 0.0576 e. The van der Waals surface area contributed by atoms with Gasteiger partial charge in [-0.2, -0.15) is 11.3 Å². The van der Waals surface area contributed by atoms with E-state index in [1.807, 2.05) is 0 Å². The minimum absolute atomic E-state index is 0.534. The molecule has 19 heavy (non-hydrogen) atoms. The summed E-state index contributed by atoms with van der Waals surface area (Å²) in [5.74, 6) is 0. The average Bonchev–Trinajstić information content (AvgIpc) is 3.11. The molecule has 2 heterocycles. The lowest BCUT2D eigenvalue weighted by Crippen LogP contribution is -2.31. The van der Waals surface area contributed by atoms with Crippen molar-refractivity contribution in [1.82, 2.24) is 5.32 Å². The van der Waals surface area contributed by atoms with Crippen LogP contribution in [0.4, 0.5) is 0 Å². The van der Waals surface area contributed by atoms with Crippen LogP contribution in [0.15, 0.2) is 16.8 Å². The lowest BCUT2D eigenvalue weighted by Gasteiger charge is -2.20. The Bertz CT molecular complexity index is 319. The molecule has 0 aromatic carbocycles. The van der Waals surface area contributed by atoms with Gasteiger partial charge in [0, 0.05) is 12.6 Å². The molecule has 2 nitrogen and oxygen atoms in total. The predicted octanol–water partition coefficient (Wildman–Crippen LogP) is 4.01. The summed E-state index contributed by atoms with van der Waals surface area (Å²) in [6.07, 6.45) is 9.22. The summed E-state index contributed by atoms with van der Waals surface area (Å²) in [7, 11) is 0. The van der Waals surface area contributed by atoms with Gasteiger partial charge in [0.2, 0.25) is 0 Å². The van der Waals surface area contributed by atoms with E-state index in [0.717, 1.165) is 13.2 Å². The SMILES string of the molecule is CCCNC(CCc1ccsc1)CCC1CCCO1. The quantitative estimate of drug-likeness (QED) is 0.738. The zero-order valence-corrected chi connectivity index (χ0v) is 12.9. The fourth-order valence-corrected chi connectivity index (χ4v) is 3.43. The minimum Gasteiger partial charge on any atom is -0.378 e. The van der Waals surface area contributed by atoms with Crippen LogP contribution < -0.4 is 5.32 Å². The van der Waals surface area contributed by atoms with Crippen molar-refractivity contribution in [3.05, 3.63) is 22.4 Å². The summed E-state index contributed by atoms with van der Waals surface area (Å²) in [6.45, 7) is 4.36. The third-order valence-electron chi connectivity index (χ3n) is 3.91. The van der Waals surface area contributed by atoms with Gasteiger partial charge in [0.25, 0.3) is 0 Å². The number of rotatable bonds is 9. The van der Waals surface area contributed by atoms with Crippen LogP contribution in [-0.4, -0.2) is 25.3 Å². The molecule has 1 saturated heterocycles. The summed E-state index contributed by atoms with van der Waals surface area (Å²) in [5.41, 5.74) is 1.49. The van der Waals surface area contributed by atoms with Gasteiger partial charge in [-0.3, -0.25) is 0 Å². The number of aryl methyl sites for hydroxylation is 1. The van der Waals surface area contributed by atoms with E-state index in [1.165, 1.54) is 50.5 Å². The Balaban J connectivity index is 1.70. The second-order valence-corrected chi connectivity index (χ2v) is 6.31. The van der Waals surface area contributed by atoms with Crippen molar-refractivity contribution in [2.75, 3.05) is 13.2 Å². The van der Waals surface area contributed by atoms with Gasteiger partial charge in [-0.05, 0) is 73.9 Å². The normalized spacial score (nSPS) is 20.8. The van der Waals surface area contributed by atoms with Gasteiger partial charge in [0.15, 0.2) is 0 Å². The molecule has 0 radical (unpaired) electrons. The standard InChI is InChI=1S/C16H27NOS/c1-2-10-17-15(6-5-14-9-12-19-13-14)7-8-16-4-3-11-18-16/h9,12-13,15-17H,2-8,10-11H2,1H3. The van der Waals surface area contributed by atoms with E-state index in [2.05, 4.69) is 29.1 Å². The third kappa shape index (κ3) is 5.64. The molecule has 0 aliphatic carbocycles. The summed E-state index contributed by atoms with van der Waals surface area (Å²) in [4.78, 5) is 0. The number of nitrogens with one attached hydrogen (secondary N) is 1. The zero-order valence-electron chi connectivity index (χ0n) is 12.1. The lowest BCUT2D eigenvalue weighted by atomic mass is 10.00. The molecule has 1 N–H and O–H groups in total. The molecule has 2 unspecified atom stereocenters. The van der Waals surface area contributed by atoms with E-state index < -0.39 is 0 Å². The molecule has 1 aromatic heterocycles. The van der Waals surface area contributed by atoms with Crippen molar-refractivity contribution >= 4 is 11.3 Å². The topological polar surface area (TPSA) is 21.3 Å². The predicted molar refractivity (Wildman–Crippen MR) is 82.9 cm³/mol. The van der Waals surface area contributed by atoms with Crippen LogP contribution in [0.25, 0.3) is 0 Å². The molecule has 0 amide bonds. The molecular weight excluding hydrogens is 254 g/mol. The van der Waals surface area contributed by atoms with E-state index in [1.54, 1.807) is 11.3 Å². The van der Waals surface area contributed by atoms with Gasteiger partial charge in [0.05, 0.1) is 6.10 Å². The van der Waals surface area contributed by atoms with Gasteiger partial charge < -0.3 is 10.1 Å². The maximum atomic E-state index is 5.73. The van der Waals surface area contributed by atoms with Crippen molar-refractivity contribution in [3.63, 3.8) is 0 Å². The maximum absolute atomic E-state index is 5.73. The summed E-state index contributed by atoms with van der Waals surface area (Å²) < 4.78 is 5.73. The first-order valence-corrected chi connectivity index (χ1v) is 8.69. The van der Waals surface area contributed by atoms with Crippen molar-refractivity contribution < 1.29 is 4.74 Å². The third-order valence-corrected chi connectivity index (χ3v) is 4.64. The Hall–Kier alpha value is -0.380. The van der Waals surface area contributed by atoms with Crippen molar-refractivity contribution in [1.29, 1.82) is 0 Å². The van der Waals surface area contributed by atoms with Crippen LogP contribution in [0.5, 0.6) is 0 Å². The van der Waals surface area contributed by atoms with Crippen LogP contribution in [0.3, 0.4) is 0 Å². The van der Waals surface area contributed by atoms with Crippen LogP contribution in [0.1, 0.15) is 51.0 Å². The second-order valence-electron chi connectivity index (χ2n) is 5.53. The first kappa shape index (κ1) is 15.0. The zero-order chi connectivity index (χ0) is 13.3. The highest BCUT2D eigenvalue weighted by Gasteiger charge is 2.17. The Kier molecular flexibility index (Phi) is 6.90. The highest BCUT2D eigenvalue weighted by Crippen LogP contribution is 2.19. The average molecular weight is 281 g/mol. The highest BCUT2D eigenvalue weighted by molar-refractivity contribution is 7.07. The lowest BCUT2D eigenvalue weighted by molar-refractivity contribution is 0.0993. The molecule has 2 atom stereocenters. The van der Waals surface area contributed by atoms with Gasteiger partial charge in [0.1, 0.15) is 0 Å². The van der Waals surface area contributed by atoms with E-state index >= 15 is 0 Å². The van der Waals surface area contributed by atoms with E-state index in [4.69, 9.17) is 4.74 Å². The number of ether oxygens (including phenoxy) is 1.